The van der Waals surface area contributed by atoms with Crippen molar-refractivity contribution < 1.29 is 11.3 Å². The van der Waals surface area contributed by atoms with Gasteiger partial charge in [-0.05, 0) is 0 Å². The molecule has 0 saturated carbocycles. The van der Waals surface area contributed by atoms with Gasteiger partial charge in [0.05, 0.1) is 0 Å². The Morgan fingerprint density at radius 1 is 0.611 bits per heavy atom. The Morgan fingerprint density at radius 2 is 0.944 bits per heavy atom. The summed E-state index contributed by atoms with van der Waals surface area (Å²) in [5.74, 6) is 0. The average Bonchev–Trinajstić information content (AvgIpc) is 2.39. The fourth-order valence-corrected chi connectivity index (χ4v) is 6.22. The summed E-state index contributed by atoms with van der Waals surface area (Å²) < 4.78 is 18.2. The van der Waals surface area contributed by atoms with Crippen molar-refractivity contribution in [3.63, 3.8) is 0 Å². The predicted molar refractivity (Wildman–Crippen MR) is 78.8 cm³/mol. The van der Waals surface area contributed by atoms with E-state index in [1.165, 1.54) is 0 Å². The van der Waals surface area contributed by atoms with E-state index in [0.717, 1.165) is 63.6 Å². The summed E-state index contributed by atoms with van der Waals surface area (Å²) in [6.07, 6.45) is 6.77. The minimum absolute atomic E-state index is 0.794. The van der Waals surface area contributed by atoms with E-state index >= 15 is 0 Å². The van der Waals surface area contributed by atoms with Crippen molar-refractivity contribution >= 4 is 14.3 Å². The van der Waals surface area contributed by atoms with Crippen LogP contribution in [0.3, 0.4) is 0 Å². The summed E-state index contributed by atoms with van der Waals surface area (Å²) in [6, 6.07) is 0. The number of unbranched alkanes of at least 4 members (excludes halogenated alkanes) is 3. The second-order valence-corrected chi connectivity index (χ2v) is 10.8. The molecule has 0 bridgehead atoms. The molecule has 0 aromatic rings. The zero-order chi connectivity index (χ0) is 13.7. The molecule has 0 aliphatic rings. The molecule has 0 heterocycles. The zero-order valence-electron chi connectivity index (χ0n) is 12.8. The number of hydrogen-bond donors (Lipinski definition) is 0. The first-order valence-corrected chi connectivity index (χ1v) is 11.7. The van der Waals surface area contributed by atoms with Crippen LogP contribution in [0.2, 0.25) is 5.25 Å². The Kier molecular flexibility index (Phi) is 12.7. The quantitative estimate of drug-likeness (QED) is 0.372. The molecule has 0 N–H and O–H groups in total. The van der Waals surface area contributed by atoms with Gasteiger partial charge in [0, 0.05) is 0 Å². The molecule has 0 aliphatic carbocycles. The van der Waals surface area contributed by atoms with Gasteiger partial charge in [0.2, 0.25) is 0 Å². The van der Waals surface area contributed by atoms with E-state index in [0.29, 0.717) is 0 Å². The number of rotatable bonds is 13. The molecule has 3 nitrogen and oxygen atoms in total. The van der Waals surface area contributed by atoms with Crippen LogP contribution in [0.4, 0.5) is 0 Å². The van der Waals surface area contributed by atoms with Crippen LogP contribution in [0.5, 0.6) is 0 Å². The van der Waals surface area contributed by atoms with Crippen molar-refractivity contribution in [1.29, 1.82) is 0 Å². The van der Waals surface area contributed by atoms with Crippen LogP contribution in [0.15, 0.2) is 0 Å². The van der Waals surface area contributed by atoms with Gasteiger partial charge >= 0.3 is 117 Å². The second kappa shape index (κ2) is 12.5. The summed E-state index contributed by atoms with van der Waals surface area (Å²) >= 11 is -2.93. The third-order valence-corrected chi connectivity index (χ3v) is 8.76. The Labute approximate surface area is 117 Å². The van der Waals surface area contributed by atoms with Gasteiger partial charge in [-0.2, -0.15) is 0 Å². The van der Waals surface area contributed by atoms with E-state index in [-0.39, 0.29) is 0 Å². The van der Waals surface area contributed by atoms with Gasteiger partial charge in [-0.1, -0.05) is 0 Å². The monoisotopic (exact) mass is 322 g/mol. The van der Waals surface area contributed by atoms with E-state index < -0.39 is 14.3 Å². The van der Waals surface area contributed by atoms with Crippen molar-refractivity contribution in [2.75, 3.05) is 19.8 Å². The molecule has 0 aromatic carbocycles. The minimum atomic E-state index is -2.93. The Hall–Kier alpha value is 0.423. The van der Waals surface area contributed by atoms with Gasteiger partial charge in [0.25, 0.3) is 0 Å². The maximum absolute atomic E-state index is 6.06. The van der Waals surface area contributed by atoms with Crippen molar-refractivity contribution in [2.24, 2.45) is 0 Å². The van der Waals surface area contributed by atoms with Gasteiger partial charge in [-0.3, -0.25) is 0 Å². The Morgan fingerprint density at radius 3 is 1.17 bits per heavy atom. The van der Waals surface area contributed by atoms with Crippen LogP contribution in [0, 0.1) is 0 Å². The Bertz CT molecular complexity index is 150. The molecular formula is C14H32GeO3. The first-order valence-electron chi connectivity index (χ1n) is 7.66. The molecule has 110 valence electrons. The molecule has 0 rings (SSSR count). The maximum atomic E-state index is 6.06. The molecule has 0 saturated heterocycles. The van der Waals surface area contributed by atoms with Crippen molar-refractivity contribution in [2.45, 2.75) is 71.5 Å². The molecule has 4 heteroatoms. The van der Waals surface area contributed by atoms with Crippen LogP contribution < -0.4 is 0 Å². The standard InChI is InChI=1S/C14H32GeO3/c1-5-9-12-16-15(8-4,17-13-10-6-2)18-14-11-7-3/h5-14H2,1-4H3. The molecule has 0 fully saturated rings. The molecule has 0 radical (unpaired) electrons. The van der Waals surface area contributed by atoms with E-state index in [1.807, 2.05) is 0 Å². The molecular weight excluding hydrogens is 289 g/mol. The predicted octanol–water partition coefficient (Wildman–Crippen LogP) is 4.40. The van der Waals surface area contributed by atoms with Crippen molar-refractivity contribution in [1.82, 2.24) is 0 Å². The summed E-state index contributed by atoms with van der Waals surface area (Å²) in [4.78, 5) is 0. The first-order chi connectivity index (χ1) is 8.74. The average molecular weight is 321 g/mol. The number of hydrogen-bond acceptors (Lipinski definition) is 3. The third-order valence-electron chi connectivity index (χ3n) is 2.89. The molecule has 0 unspecified atom stereocenters. The fourth-order valence-electron chi connectivity index (χ4n) is 1.55. The molecule has 18 heavy (non-hydrogen) atoms. The van der Waals surface area contributed by atoms with E-state index in [1.54, 1.807) is 0 Å². The molecule has 0 atom stereocenters. The van der Waals surface area contributed by atoms with E-state index in [2.05, 4.69) is 27.7 Å². The van der Waals surface area contributed by atoms with E-state index in [9.17, 15) is 0 Å². The summed E-state index contributed by atoms with van der Waals surface area (Å²) in [6.45, 7) is 11.1. The SMILES string of the molecule is CCCC[O][Ge]([CH2]C)([O]CCCC)[O]CCCC. The molecule has 0 amide bonds. The van der Waals surface area contributed by atoms with Crippen molar-refractivity contribution in [3.05, 3.63) is 0 Å². The fraction of sp³-hybridized carbons (Fsp3) is 1.00. The summed E-state index contributed by atoms with van der Waals surface area (Å²) in [5.41, 5.74) is 0. The molecule has 0 aliphatic heterocycles. The van der Waals surface area contributed by atoms with Crippen LogP contribution in [-0.2, 0) is 11.3 Å². The van der Waals surface area contributed by atoms with Crippen LogP contribution in [0.1, 0.15) is 66.2 Å². The van der Waals surface area contributed by atoms with Crippen LogP contribution in [0.25, 0.3) is 0 Å². The van der Waals surface area contributed by atoms with Gasteiger partial charge in [-0.25, -0.2) is 0 Å². The van der Waals surface area contributed by atoms with Gasteiger partial charge in [0.1, 0.15) is 0 Å². The molecule has 0 aromatic heterocycles. The summed E-state index contributed by atoms with van der Waals surface area (Å²) in [7, 11) is 0. The van der Waals surface area contributed by atoms with Crippen LogP contribution >= 0.6 is 0 Å². The Balaban J connectivity index is 4.20. The van der Waals surface area contributed by atoms with Gasteiger partial charge in [-0.15, -0.1) is 0 Å². The second-order valence-electron chi connectivity index (χ2n) is 4.64. The normalized spacial score (nSPS) is 12.0. The van der Waals surface area contributed by atoms with Crippen LogP contribution in [-0.4, -0.2) is 34.1 Å². The zero-order valence-corrected chi connectivity index (χ0v) is 14.9. The molecule has 0 spiro atoms. The topological polar surface area (TPSA) is 27.7 Å². The third kappa shape index (κ3) is 8.51. The van der Waals surface area contributed by atoms with Gasteiger partial charge < -0.3 is 0 Å². The van der Waals surface area contributed by atoms with E-state index in [4.69, 9.17) is 11.3 Å². The first kappa shape index (κ1) is 18.4. The van der Waals surface area contributed by atoms with Crippen molar-refractivity contribution in [3.8, 4) is 0 Å². The summed E-state index contributed by atoms with van der Waals surface area (Å²) in [5, 5.41) is 0.928. The van der Waals surface area contributed by atoms with Gasteiger partial charge in [0.15, 0.2) is 0 Å².